The van der Waals surface area contributed by atoms with E-state index < -0.39 is 5.91 Å². The lowest BCUT2D eigenvalue weighted by Crippen LogP contribution is -2.41. The molecule has 0 bridgehead atoms. The van der Waals surface area contributed by atoms with Crippen molar-refractivity contribution in [2.24, 2.45) is 5.92 Å². The zero-order valence-corrected chi connectivity index (χ0v) is 16.2. The number of benzene rings is 2. The van der Waals surface area contributed by atoms with E-state index in [1.807, 2.05) is 18.2 Å². The number of halogens is 1. The highest BCUT2D eigenvalue weighted by Gasteiger charge is 2.38. The fraction of sp³-hybridized carbons (Fsp3) is 0.318. The molecule has 1 heterocycles. The quantitative estimate of drug-likeness (QED) is 0.538. The van der Waals surface area contributed by atoms with Crippen molar-refractivity contribution in [3.8, 4) is 0 Å². The highest BCUT2D eigenvalue weighted by molar-refractivity contribution is 6.32. The van der Waals surface area contributed by atoms with Crippen LogP contribution in [0.3, 0.4) is 0 Å². The van der Waals surface area contributed by atoms with Crippen LogP contribution in [0.15, 0.2) is 48.5 Å². The van der Waals surface area contributed by atoms with Crippen molar-refractivity contribution >= 4 is 46.4 Å². The van der Waals surface area contributed by atoms with Gasteiger partial charge in [0, 0.05) is 16.6 Å². The van der Waals surface area contributed by atoms with Crippen LogP contribution in [0.5, 0.6) is 0 Å². The summed E-state index contributed by atoms with van der Waals surface area (Å²) in [5.41, 5.74) is 1.51. The summed E-state index contributed by atoms with van der Waals surface area (Å²) in [6.07, 6.45) is 4.29. The number of rotatable bonds is 2. The van der Waals surface area contributed by atoms with Gasteiger partial charge in [0.15, 0.2) is 0 Å². The van der Waals surface area contributed by atoms with Gasteiger partial charge in [-0.2, -0.15) is 0 Å². The second-order valence-electron chi connectivity index (χ2n) is 7.28. The molecule has 28 heavy (non-hydrogen) atoms. The Hall–Kier alpha value is -2.66. The van der Waals surface area contributed by atoms with Crippen LogP contribution in [0.1, 0.15) is 38.5 Å². The van der Waals surface area contributed by atoms with E-state index in [-0.39, 0.29) is 24.2 Å². The number of hydrogen-bond donors (Lipinski definition) is 0. The smallest absolute Gasteiger partial charge is 0.243 e. The summed E-state index contributed by atoms with van der Waals surface area (Å²) >= 11 is 6.22. The molecule has 2 aromatic rings. The van der Waals surface area contributed by atoms with Crippen molar-refractivity contribution in [3.05, 3.63) is 53.6 Å². The highest BCUT2D eigenvalue weighted by Crippen LogP contribution is 2.41. The molecule has 0 aromatic heterocycles. The van der Waals surface area contributed by atoms with E-state index in [1.54, 1.807) is 30.3 Å². The minimum absolute atomic E-state index is 0.181. The third-order valence-electron chi connectivity index (χ3n) is 5.41. The Bertz CT molecular complexity index is 923. The van der Waals surface area contributed by atoms with Gasteiger partial charge in [0.25, 0.3) is 0 Å². The largest absolute Gasteiger partial charge is 0.278 e. The molecule has 2 aromatic carbocycles. The van der Waals surface area contributed by atoms with Gasteiger partial charge >= 0.3 is 0 Å². The first-order valence-corrected chi connectivity index (χ1v) is 9.98. The molecule has 0 N–H and O–H groups in total. The standard InChI is InChI=1S/C22H21ClN2O3/c23-16-11-12-18-19(13-16)24(17-9-5-2-6-10-17)20(26)14-21(27)25(18)22(28)15-7-3-1-4-8-15/h2,5-6,9-13,15H,1,3-4,7-8,14H2. The van der Waals surface area contributed by atoms with Crippen molar-refractivity contribution in [1.82, 2.24) is 0 Å². The Balaban J connectivity index is 1.83. The predicted molar refractivity (Wildman–Crippen MR) is 109 cm³/mol. The molecule has 0 saturated heterocycles. The van der Waals surface area contributed by atoms with Gasteiger partial charge in [0.2, 0.25) is 17.7 Å². The Labute approximate surface area is 168 Å². The normalized spacial score (nSPS) is 18.0. The van der Waals surface area contributed by atoms with Gasteiger partial charge in [-0.1, -0.05) is 49.1 Å². The summed E-state index contributed by atoms with van der Waals surface area (Å²) < 4.78 is 0. The number of carbonyl (C=O) groups is 3. The van der Waals surface area contributed by atoms with E-state index in [4.69, 9.17) is 11.6 Å². The third-order valence-corrected chi connectivity index (χ3v) is 5.64. The molecule has 4 rings (SSSR count). The Morgan fingerprint density at radius 2 is 1.61 bits per heavy atom. The average molecular weight is 397 g/mol. The number of carbonyl (C=O) groups excluding carboxylic acids is 3. The number of amides is 3. The topological polar surface area (TPSA) is 57.7 Å². The van der Waals surface area contributed by atoms with Crippen LogP contribution in [0.4, 0.5) is 17.1 Å². The fourth-order valence-electron chi connectivity index (χ4n) is 4.05. The van der Waals surface area contributed by atoms with Crippen LogP contribution < -0.4 is 9.80 Å². The van der Waals surface area contributed by atoms with E-state index >= 15 is 0 Å². The maximum atomic E-state index is 13.3. The van der Waals surface area contributed by atoms with Gasteiger partial charge in [-0.05, 0) is 43.2 Å². The number of fused-ring (bicyclic) bond motifs is 1. The fourth-order valence-corrected chi connectivity index (χ4v) is 4.22. The van der Waals surface area contributed by atoms with E-state index in [1.165, 1.54) is 9.80 Å². The van der Waals surface area contributed by atoms with E-state index in [2.05, 4.69) is 0 Å². The zero-order chi connectivity index (χ0) is 19.7. The van der Waals surface area contributed by atoms with Gasteiger partial charge in [-0.3, -0.25) is 19.3 Å². The Morgan fingerprint density at radius 3 is 2.32 bits per heavy atom. The van der Waals surface area contributed by atoms with Crippen molar-refractivity contribution in [2.75, 3.05) is 9.80 Å². The average Bonchev–Trinajstić information content (AvgIpc) is 2.81. The van der Waals surface area contributed by atoms with E-state index in [0.29, 0.717) is 22.1 Å². The highest BCUT2D eigenvalue weighted by atomic mass is 35.5. The molecule has 0 unspecified atom stereocenters. The van der Waals surface area contributed by atoms with Gasteiger partial charge < -0.3 is 0 Å². The summed E-state index contributed by atoms with van der Waals surface area (Å²) in [7, 11) is 0. The molecule has 1 saturated carbocycles. The predicted octanol–water partition coefficient (Wildman–Crippen LogP) is 4.85. The minimum Gasteiger partial charge on any atom is -0.278 e. The van der Waals surface area contributed by atoms with Gasteiger partial charge in [-0.15, -0.1) is 0 Å². The molecule has 5 nitrogen and oxygen atoms in total. The molecule has 1 aliphatic heterocycles. The molecule has 2 aliphatic rings. The van der Waals surface area contributed by atoms with Crippen molar-refractivity contribution in [2.45, 2.75) is 38.5 Å². The molecular formula is C22H21ClN2O3. The molecule has 6 heteroatoms. The minimum atomic E-state index is -0.484. The Morgan fingerprint density at radius 1 is 0.893 bits per heavy atom. The summed E-state index contributed by atoms with van der Waals surface area (Å²) in [6, 6.07) is 14.0. The monoisotopic (exact) mass is 396 g/mol. The first-order chi connectivity index (χ1) is 13.6. The SMILES string of the molecule is O=C1CC(=O)N(c2ccccc2)c2cc(Cl)ccc2N1C(=O)C1CCCCC1. The number of imide groups is 1. The molecule has 0 spiro atoms. The number of anilines is 3. The number of hydrogen-bond acceptors (Lipinski definition) is 3. The van der Waals surface area contributed by atoms with Crippen LogP contribution in [-0.2, 0) is 14.4 Å². The lowest BCUT2D eigenvalue weighted by atomic mass is 9.88. The zero-order valence-electron chi connectivity index (χ0n) is 15.4. The molecule has 0 atom stereocenters. The lowest BCUT2D eigenvalue weighted by molar-refractivity contribution is -0.130. The first kappa shape index (κ1) is 18.7. The van der Waals surface area contributed by atoms with Gasteiger partial charge in [0.1, 0.15) is 6.42 Å². The summed E-state index contributed by atoms with van der Waals surface area (Å²) in [5, 5.41) is 0.437. The van der Waals surface area contributed by atoms with Crippen molar-refractivity contribution in [1.29, 1.82) is 0 Å². The molecule has 1 fully saturated rings. The summed E-state index contributed by atoms with van der Waals surface area (Å²) in [6.45, 7) is 0. The summed E-state index contributed by atoms with van der Waals surface area (Å²) in [4.78, 5) is 41.9. The maximum Gasteiger partial charge on any atom is 0.243 e. The second-order valence-corrected chi connectivity index (χ2v) is 7.71. The van der Waals surface area contributed by atoms with E-state index in [9.17, 15) is 14.4 Å². The van der Waals surface area contributed by atoms with Gasteiger partial charge in [0.05, 0.1) is 11.4 Å². The number of nitrogens with zero attached hydrogens (tertiary/aromatic N) is 2. The molecule has 3 amide bonds. The maximum absolute atomic E-state index is 13.3. The molecular weight excluding hydrogens is 376 g/mol. The van der Waals surface area contributed by atoms with E-state index in [0.717, 1.165) is 32.1 Å². The van der Waals surface area contributed by atoms with Crippen LogP contribution in [0.25, 0.3) is 0 Å². The van der Waals surface area contributed by atoms with Crippen LogP contribution >= 0.6 is 11.6 Å². The molecule has 1 aliphatic carbocycles. The van der Waals surface area contributed by atoms with Gasteiger partial charge in [-0.25, -0.2) is 4.90 Å². The summed E-state index contributed by atoms with van der Waals surface area (Å²) in [5.74, 6) is -1.25. The third kappa shape index (κ3) is 3.42. The lowest BCUT2D eigenvalue weighted by Gasteiger charge is -2.29. The van der Waals surface area contributed by atoms with Crippen molar-refractivity contribution in [3.63, 3.8) is 0 Å². The van der Waals surface area contributed by atoms with Crippen LogP contribution in [-0.4, -0.2) is 17.7 Å². The molecule has 144 valence electrons. The van der Waals surface area contributed by atoms with Crippen molar-refractivity contribution < 1.29 is 14.4 Å². The van der Waals surface area contributed by atoms with Crippen LogP contribution in [0, 0.1) is 5.92 Å². The second kappa shape index (κ2) is 7.76. The Kier molecular flexibility index (Phi) is 5.18. The molecule has 0 radical (unpaired) electrons. The first-order valence-electron chi connectivity index (χ1n) is 9.60. The number of para-hydroxylation sites is 1. The van der Waals surface area contributed by atoms with Crippen LogP contribution in [0.2, 0.25) is 5.02 Å².